The smallest absolute Gasteiger partial charge is 0.182 e. The molecule has 0 atom stereocenters. The molecule has 0 fully saturated rings. The molecule has 0 saturated heterocycles. The normalized spacial score (nSPS) is 10.3. The highest BCUT2D eigenvalue weighted by Gasteiger charge is 2.09. The summed E-state index contributed by atoms with van der Waals surface area (Å²) in [4.78, 5) is 12.3. The number of anilines is 1. The Balaban J connectivity index is 2.09. The van der Waals surface area contributed by atoms with Crippen LogP contribution in [0.5, 0.6) is 0 Å². The van der Waals surface area contributed by atoms with Gasteiger partial charge < -0.3 is 5.32 Å². The zero-order valence-electron chi connectivity index (χ0n) is 12.4. The lowest BCUT2D eigenvalue weighted by molar-refractivity contribution is 0.101. The van der Waals surface area contributed by atoms with E-state index in [2.05, 4.69) is 18.3 Å². The van der Waals surface area contributed by atoms with Crippen molar-refractivity contribution in [2.24, 2.45) is 0 Å². The van der Waals surface area contributed by atoms with Crippen LogP contribution in [-0.2, 0) is 6.42 Å². The van der Waals surface area contributed by atoms with Crippen molar-refractivity contribution in [3.63, 3.8) is 0 Å². The van der Waals surface area contributed by atoms with Gasteiger partial charge in [-0.2, -0.15) is 0 Å². The fraction of sp³-hybridized carbons (Fsp3) is 0.278. The Labute approximate surface area is 120 Å². The first-order chi connectivity index (χ1) is 9.61. The van der Waals surface area contributed by atoms with Crippen LogP contribution in [0.25, 0.3) is 0 Å². The average molecular weight is 267 g/mol. The number of aryl methyl sites for hydroxylation is 3. The van der Waals surface area contributed by atoms with E-state index in [1.54, 1.807) is 0 Å². The summed E-state index contributed by atoms with van der Waals surface area (Å²) < 4.78 is 0. The molecule has 0 radical (unpaired) electrons. The second kappa shape index (κ2) is 6.38. The molecule has 0 saturated carbocycles. The van der Waals surface area contributed by atoms with Crippen LogP contribution in [0.2, 0.25) is 0 Å². The Hall–Kier alpha value is -2.09. The Morgan fingerprint density at radius 2 is 1.85 bits per heavy atom. The Morgan fingerprint density at radius 3 is 2.55 bits per heavy atom. The summed E-state index contributed by atoms with van der Waals surface area (Å²) in [5.41, 5.74) is 5.31. The number of rotatable bonds is 5. The van der Waals surface area contributed by atoms with Crippen molar-refractivity contribution in [3.05, 3.63) is 64.7 Å². The predicted molar refractivity (Wildman–Crippen MR) is 84.6 cm³/mol. The third-order valence-electron chi connectivity index (χ3n) is 3.52. The number of hydrogen-bond donors (Lipinski definition) is 1. The van der Waals surface area contributed by atoms with Crippen molar-refractivity contribution in [1.82, 2.24) is 0 Å². The maximum Gasteiger partial charge on any atom is 0.182 e. The van der Waals surface area contributed by atoms with E-state index in [4.69, 9.17) is 0 Å². The van der Waals surface area contributed by atoms with E-state index >= 15 is 0 Å². The van der Waals surface area contributed by atoms with E-state index in [0.29, 0.717) is 6.54 Å². The first-order valence-electron chi connectivity index (χ1n) is 7.04. The molecule has 1 N–H and O–H groups in total. The number of Topliss-reactive ketones (excluding diaryl/α,β-unsaturated/α-hetero) is 1. The summed E-state index contributed by atoms with van der Waals surface area (Å²) in [6.07, 6.45) is 0.959. The van der Waals surface area contributed by atoms with Crippen LogP contribution < -0.4 is 5.32 Å². The van der Waals surface area contributed by atoms with Crippen molar-refractivity contribution < 1.29 is 4.79 Å². The van der Waals surface area contributed by atoms with Crippen molar-refractivity contribution in [3.8, 4) is 0 Å². The van der Waals surface area contributed by atoms with Crippen molar-refractivity contribution in [1.29, 1.82) is 0 Å². The summed E-state index contributed by atoms with van der Waals surface area (Å²) in [7, 11) is 0. The van der Waals surface area contributed by atoms with Crippen molar-refractivity contribution >= 4 is 11.5 Å². The van der Waals surface area contributed by atoms with Gasteiger partial charge in [0, 0.05) is 11.3 Å². The number of para-hydroxylation sites is 1. The lowest BCUT2D eigenvalue weighted by Crippen LogP contribution is -2.16. The second-order valence-electron chi connectivity index (χ2n) is 5.11. The highest BCUT2D eigenvalue weighted by Crippen LogP contribution is 2.16. The SMILES string of the molecule is CCc1ccccc1NCC(=O)c1ccc(C)cc1C. The third-order valence-corrected chi connectivity index (χ3v) is 3.52. The molecule has 0 aromatic heterocycles. The molecule has 20 heavy (non-hydrogen) atoms. The van der Waals surface area contributed by atoms with Gasteiger partial charge in [-0.05, 0) is 37.5 Å². The highest BCUT2D eigenvalue weighted by molar-refractivity contribution is 6.00. The van der Waals surface area contributed by atoms with Gasteiger partial charge >= 0.3 is 0 Å². The Bertz CT molecular complexity index is 617. The van der Waals surface area contributed by atoms with E-state index < -0.39 is 0 Å². The lowest BCUT2D eigenvalue weighted by atomic mass is 10.0. The fourth-order valence-electron chi connectivity index (χ4n) is 2.40. The summed E-state index contributed by atoms with van der Waals surface area (Å²) in [5.74, 6) is 0.133. The summed E-state index contributed by atoms with van der Waals surface area (Å²) in [6.45, 7) is 6.48. The summed E-state index contributed by atoms with van der Waals surface area (Å²) >= 11 is 0. The molecule has 2 rings (SSSR count). The van der Waals surface area contributed by atoms with Crippen LogP contribution in [-0.4, -0.2) is 12.3 Å². The fourth-order valence-corrected chi connectivity index (χ4v) is 2.40. The minimum atomic E-state index is 0.133. The first kappa shape index (κ1) is 14.3. The van der Waals surface area contributed by atoms with E-state index in [-0.39, 0.29) is 5.78 Å². The molecule has 2 heteroatoms. The van der Waals surface area contributed by atoms with Crippen molar-refractivity contribution in [2.75, 3.05) is 11.9 Å². The van der Waals surface area contributed by atoms with Gasteiger partial charge in [-0.3, -0.25) is 4.79 Å². The second-order valence-corrected chi connectivity index (χ2v) is 5.11. The maximum atomic E-state index is 12.3. The number of benzene rings is 2. The lowest BCUT2D eigenvalue weighted by Gasteiger charge is -2.11. The Kier molecular flexibility index (Phi) is 4.57. The quantitative estimate of drug-likeness (QED) is 0.824. The molecule has 0 aliphatic heterocycles. The molecule has 0 aliphatic rings. The number of hydrogen-bond acceptors (Lipinski definition) is 2. The summed E-state index contributed by atoms with van der Waals surface area (Å²) in [5, 5.41) is 3.25. The highest BCUT2D eigenvalue weighted by atomic mass is 16.1. The maximum absolute atomic E-state index is 12.3. The number of carbonyl (C=O) groups excluding carboxylic acids is 1. The van der Waals surface area contributed by atoms with Gasteiger partial charge in [0.2, 0.25) is 0 Å². The minimum Gasteiger partial charge on any atom is -0.377 e. The molecule has 0 spiro atoms. The van der Waals surface area contributed by atoms with Gasteiger partial charge in [0.15, 0.2) is 5.78 Å². The van der Waals surface area contributed by atoms with Crippen LogP contribution in [0.15, 0.2) is 42.5 Å². The van der Waals surface area contributed by atoms with Crippen LogP contribution in [0.1, 0.15) is 34.0 Å². The molecule has 104 valence electrons. The van der Waals surface area contributed by atoms with Crippen molar-refractivity contribution in [2.45, 2.75) is 27.2 Å². The minimum absolute atomic E-state index is 0.133. The number of ketones is 1. The molecule has 2 aromatic rings. The van der Waals surface area contributed by atoms with Gasteiger partial charge in [-0.1, -0.05) is 48.9 Å². The van der Waals surface area contributed by atoms with E-state index in [0.717, 1.165) is 23.2 Å². The van der Waals surface area contributed by atoms with Gasteiger partial charge in [0.25, 0.3) is 0 Å². The van der Waals surface area contributed by atoms with Crippen LogP contribution in [0.4, 0.5) is 5.69 Å². The molecular weight excluding hydrogens is 246 g/mol. The van der Waals surface area contributed by atoms with Gasteiger partial charge in [-0.15, -0.1) is 0 Å². The van der Waals surface area contributed by atoms with E-state index in [9.17, 15) is 4.79 Å². The molecule has 2 nitrogen and oxygen atoms in total. The first-order valence-corrected chi connectivity index (χ1v) is 7.04. The molecule has 0 heterocycles. The van der Waals surface area contributed by atoms with Gasteiger partial charge in [0.1, 0.15) is 0 Å². The summed E-state index contributed by atoms with van der Waals surface area (Å²) in [6, 6.07) is 14.1. The predicted octanol–water partition coefficient (Wildman–Crippen LogP) is 4.16. The molecule has 0 aliphatic carbocycles. The number of nitrogens with one attached hydrogen (secondary N) is 1. The Morgan fingerprint density at radius 1 is 1.10 bits per heavy atom. The largest absolute Gasteiger partial charge is 0.377 e. The number of carbonyl (C=O) groups is 1. The topological polar surface area (TPSA) is 29.1 Å². The third kappa shape index (κ3) is 3.27. The van der Waals surface area contributed by atoms with Crippen LogP contribution >= 0.6 is 0 Å². The zero-order valence-corrected chi connectivity index (χ0v) is 12.4. The van der Waals surface area contributed by atoms with Crippen LogP contribution in [0, 0.1) is 13.8 Å². The standard InChI is InChI=1S/C18H21NO/c1-4-15-7-5-6-8-17(15)19-12-18(20)16-10-9-13(2)11-14(16)3/h5-11,19H,4,12H2,1-3H3. The molecule has 0 amide bonds. The molecule has 0 bridgehead atoms. The average Bonchev–Trinajstić information content (AvgIpc) is 2.45. The monoisotopic (exact) mass is 267 g/mol. The zero-order chi connectivity index (χ0) is 14.5. The van der Waals surface area contributed by atoms with E-state index in [1.807, 2.05) is 50.2 Å². The molecular formula is C18H21NO. The van der Waals surface area contributed by atoms with E-state index in [1.165, 1.54) is 11.1 Å². The van der Waals surface area contributed by atoms with Gasteiger partial charge in [-0.25, -0.2) is 0 Å². The van der Waals surface area contributed by atoms with Gasteiger partial charge in [0.05, 0.1) is 6.54 Å². The van der Waals surface area contributed by atoms with Crippen LogP contribution in [0.3, 0.4) is 0 Å². The molecule has 0 unspecified atom stereocenters. The molecule has 2 aromatic carbocycles.